The predicted molar refractivity (Wildman–Crippen MR) is 156 cm³/mol. The number of amides is 3. The summed E-state index contributed by atoms with van der Waals surface area (Å²) >= 11 is 0. The quantitative estimate of drug-likeness (QED) is 0.385. The van der Waals surface area contributed by atoms with Gasteiger partial charge in [0.15, 0.2) is 11.5 Å². The molecule has 1 fully saturated rings. The number of imidazole rings is 1. The zero-order chi connectivity index (χ0) is 30.3. The second-order valence-electron chi connectivity index (χ2n) is 11.6. The van der Waals surface area contributed by atoms with Crippen molar-refractivity contribution in [3.63, 3.8) is 0 Å². The number of anilines is 2. The van der Waals surface area contributed by atoms with Gasteiger partial charge in [0.25, 0.3) is 5.91 Å². The molecule has 12 nitrogen and oxygen atoms in total. The Morgan fingerprint density at radius 2 is 1.79 bits per heavy atom. The van der Waals surface area contributed by atoms with Gasteiger partial charge in [0.05, 0.1) is 16.9 Å². The van der Waals surface area contributed by atoms with Crippen molar-refractivity contribution in [1.29, 1.82) is 0 Å². The number of nitrogens with zero attached hydrogens (tertiary/aromatic N) is 7. The number of piperazine rings is 1. The number of nitrogens with one attached hydrogen (secondary N) is 1. The third-order valence-corrected chi connectivity index (χ3v) is 6.90. The summed E-state index contributed by atoms with van der Waals surface area (Å²) in [7, 11) is 3.33. The maximum Gasteiger partial charge on any atom is 0.410 e. The van der Waals surface area contributed by atoms with Crippen LogP contribution in [0.1, 0.15) is 36.8 Å². The van der Waals surface area contributed by atoms with Gasteiger partial charge in [-0.3, -0.25) is 14.3 Å². The van der Waals surface area contributed by atoms with Crippen molar-refractivity contribution in [1.82, 2.24) is 29.0 Å². The van der Waals surface area contributed by atoms with E-state index in [1.807, 2.05) is 26.8 Å². The third-order valence-electron chi connectivity index (χ3n) is 6.90. The summed E-state index contributed by atoms with van der Waals surface area (Å²) in [6, 6.07) is 4.74. The molecule has 1 aliphatic rings. The number of ether oxygens (including phenoxy) is 1. The van der Waals surface area contributed by atoms with Gasteiger partial charge < -0.3 is 29.2 Å². The Hall–Kier alpha value is -4.68. The van der Waals surface area contributed by atoms with Gasteiger partial charge in [0, 0.05) is 76.0 Å². The minimum absolute atomic E-state index is 0.00351. The molecule has 42 heavy (non-hydrogen) atoms. The summed E-state index contributed by atoms with van der Waals surface area (Å²) in [4.78, 5) is 47.9. The second kappa shape index (κ2) is 11.0. The minimum Gasteiger partial charge on any atom is -0.444 e. The molecule has 3 amide bonds. The number of fused-ring (bicyclic) bond motifs is 2. The molecule has 1 aliphatic heterocycles. The van der Waals surface area contributed by atoms with E-state index in [2.05, 4.69) is 20.3 Å². The highest BCUT2D eigenvalue weighted by molar-refractivity contribution is 6.14. The number of hydrogen-bond acceptors (Lipinski definition) is 7. The normalized spacial score (nSPS) is 14.0. The van der Waals surface area contributed by atoms with Crippen molar-refractivity contribution in [2.24, 2.45) is 0 Å². The van der Waals surface area contributed by atoms with Crippen LogP contribution in [0.3, 0.4) is 0 Å². The van der Waals surface area contributed by atoms with Crippen LogP contribution in [-0.4, -0.2) is 92.7 Å². The lowest BCUT2D eigenvalue weighted by atomic mass is 10.1. The molecule has 0 radical (unpaired) electrons. The van der Waals surface area contributed by atoms with Crippen molar-refractivity contribution in [2.75, 3.05) is 50.5 Å². The number of aryl methyl sites for hydroxylation is 1. The molecule has 4 heterocycles. The van der Waals surface area contributed by atoms with Crippen molar-refractivity contribution in [3.8, 4) is 0 Å². The number of pyridine rings is 1. The van der Waals surface area contributed by atoms with Gasteiger partial charge in [0.2, 0.25) is 5.91 Å². The summed E-state index contributed by atoms with van der Waals surface area (Å²) in [5.41, 5.74) is 2.03. The van der Waals surface area contributed by atoms with E-state index in [0.29, 0.717) is 42.8 Å². The Kier molecular flexibility index (Phi) is 7.52. The molecule has 0 atom stereocenters. The fraction of sp³-hybridized carbons (Fsp3) is 0.414. The largest absolute Gasteiger partial charge is 0.444 e. The Bertz CT molecular complexity index is 1680. The van der Waals surface area contributed by atoms with Crippen LogP contribution >= 0.6 is 0 Å². The maximum absolute atomic E-state index is 14.6. The first-order valence-electron chi connectivity index (χ1n) is 13.7. The van der Waals surface area contributed by atoms with Crippen molar-refractivity contribution in [3.05, 3.63) is 53.9 Å². The topological polar surface area (TPSA) is 117 Å². The van der Waals surface area contributed by atoms with Gasteiger partial charge in [-0.15, -0.1) is 0 Å². The van der Waals surface area contributed by atoms with E-state index in [0.717, 1.165) is 5.69 Å². The van der Waals surface area contributed by atoms with E-state index >= 15 is 0 Å². The molecule has 0 spiro atoms. The fourth-order valence-electron chi connectivity index (χ4n) is 4.86. The zero-order valence-electron chi connectivity index (χ0n) is 24.6. The highest BCUT2D eigenvalue weighted by Crippen LogP contribution is 2.31. The summed E-state index contributed by atoms with van der Waals surface area (Å²) in [5.74, 6) is -1.18. The summed E-state index contributed by atoms with van der Waals surface area (Å²) in [6.45, 7) is 9.29. The van der Waals surface area contributed by atoms with Gasteiger partial charge in [-0.05, 0) is 39.8 Å². The standard InChI is InChI=1S/C29H35FN8O4/c1-18-14-37-15-19(13-22(30)26(37)31-18)32-27(40)20-7-8-23(21-16-38(33-25(20)21)17-24(39)34(5)6)35-9-11-36(12-10-35)28(41)42-29(2,3)4/h7-8,13-16H,9-12,17H2,1-6H3,(H,32,40). The van der Waals surface area contributed by atoms with Crippen LogP contribution < -0.4 is 10.2 Å². The molecular formula is C29H35FN8O4. The number of rotatable bonds is 5. The van der Waals surface area contributed by atoms with Gasteiger partial charge in [-0.1, -0.05) is 0 Å². The summed E-state index contributed by atoms with van der Waals surface area (Å²) in [5, 5.41) is 8.08. The monoisotopic (exact) mass is 578 g/mol. The lowest BCUT2D eigenvalue weighted by Crippen LogP contribution is -2.50. The van der Waals surface area contributed by atoms with Gasteiger partial charge >= 0.3 is 6.09 Å². The van der Waals surface area contributed by atoms with Crippen molar-refractivity contribution < 1.29 is 23.5 Å². The SMILES string of the molecule is Cc1cn2cc(NC(=O)c3ccc(N4CCN(C(=O)OC(C)(C)C)CC4)c4cn(CC(=O)N(C)C)nc34)cc(F)c2n1. The molecule has 0 saturated carbocycles. The highest BCUT2D eigenvalue weighted by Gasteiger charge is 2.28. The number of benzene rings is 1. The van der Waals surface area contributed by atoms with Crippen LogP contribution in [0.15, 0.2) is 36.8 Å². The molecule has 1 N–H and O–H groups in total. The van der Waals surface area contributed by atoms with Crippen molar-refractivity contribution >= 4 is 45.8 Å². The number of likely N-dealkylation sites (N-methyl/N-ethyl adjacent to an activating group) is 1. The zero-order valence-corrected chi connectivity index (χ0v) is 24.6. The van der Waals surface area contributed by atoms with Crippen LogP contribution in [0, 0.1) is 12.7 Å². The maximum atomic E-state index is 14.6. The number of halogens is 1. The van der Waals surface area contributed by atoms with Gasteiger partial charge in [0.1, 0.15) is 17.7 Å². The molecule has 5 rings (SSSR count). The Morgan fingerprint density at radius 1 is 1.07 bits per heavy atom. The average Bonchev–Trinajstić information content (AvgIpc) is 3.50. The molecule has 0 bridgehead atoms. The molecule has 13 heteroatoms. The second-order valence-corrected chi connectivity index (χ2v) is 11.6. The van der Waals surface area contributed by atoms with E-state index in [-0.39, 0.29) is 35.4 Å². The lowest BCUT2D eigenvalue weighted by Gasteiger charge is -2.37. The van der Waals surface area contributed by atoms with Gasteiger partial charge in [-0.2, -0.15) is 5.10 Å². The summed E-state index contributed by atoms with van der Waals surface area (Å²) in [6.07, 6.45) is 4.67. The number of carbonyl (C=O) groups excluding carboxylic acids is 3. The van der Waals surface area contributed by atoms with Gasteiger partial charge in [-0.25, -0.2) is 14.2 Å². The van der Waals surface area contributed by atoms with Crippen LogP contribution in [-0.2, 0) is 16.1 Å². The third kappa shape index (κ3) is 5.99. The minimum atomic E-state index is -0.579. The fourth-order valence-corrected chi connectivity index (χ4v) is 4.86. The first-order valence-corrected chi connectivity index (χ1v) is 13.7. The first-order chi connectivity index (χ1) is 19.8. The smallest absolute Gasteiger partial charge is 0.410 e. The highest BCUT2D eigenvalue weighted by atomic mass is 19.1. The van der Waals surface area contributed by atoms with E-state index < -0.39 is 17.3 Å². The number of carbonyl (C=O) groups is 3. The number of aromatic nitrogens is 4. The van der Waals surface area contributed by atoms with E-state index in [4.69, 9.17) is 4.74 Å². The van der Waals surface area contributed by atoms with Crippen molar-refractivity contribution in [2.45, 2.75) is 39.8 Å². The number of hydrogen-bond donors (Lipinski definition) is 1. The Balaban J connectivity index is 1.44. The van der Waals surface area contributed by atoms with Crippen LogP contribution in [0.5, 0.6) is 0 Å². The van der Waals surface area contributed by atoms with E-state index in [9.17, 15) is 18.8 Å². The molecule has 0 aliphatic carbocycles. The molecule has 1 aromatic carbocycles. The van der Waals surface area contributed by atoms with Crippen LogP contribution in [0.2, 0.25) is 0 Å². The van der Waals surface area contributed by atoms with Crippen LogP contribution in [0.25, 0.3) is 16.6 Å². The molecule has 1 saturated heterocycles. The molecule has 4 aromatic rings. The Morgan fingerprint density at radius 3 is 2.45 bits per heavy atom. The first kappa shape index (κ1) is 28.8. The lowest BCUT2D eigenvalue weighted by molar-refractivity contribution is -0.129. The predicted octanol–water partition coefficient (Wildman–Crippen LogP) is 3.53. The van der Waals surface area contributed by atoms with E-state index in [1.165, 1.54) is 20.0 Å². The Labute approximate surface area is 242 Å². The average molecular weight is 579 g/mol. The van der Waals surface area contributed by atoms with E-state index in [1.54, 1.807) is 50.6 Å². The molecule has 0 unspecified atom stereocenters. The molecule has 3 aromatic heterocycles. The molecular weight excluding hydrogens is 543 g/mol. The summed E-state index contributed by atoms with van der Waals surface area (Å²) < 4.78 is 23.2. The molecule has 222 valence electrons. The van der Waals surface area contributed by atoms with Crippen LogP contribution in [0.4, 0.5) is 20.6 Å².